The first-order valence-corrected chi connectivity index (χ1v) is 6.20. The lowest BCUT2D eigenvalue weighted by atomic mass is 10.1. The summed E-state index contributed by atoms with van der Waals surface area (Å²) in [7, 11) is 2.21. The molecular weight excluding hydrogens is 264 g/mol. The minimum absolute atomic E-state index is 0.121. The Morgan fingerprint density at radius 3 is 2.05 bits per heavy atom. The number of hydrogen-bond acceptors (Lipinski definition) is 5. The van der Waals surface area contributed by atoms with Gasteiger partial charge in [0.05, 0.1) is 25.3 Å². The van der Waals surface area contributed by atoms with Crippen LogP contribution in [0.15, 0.2) is 24.3 Å². The van der Waals surface area contributed by atoms with Crippen molar-refractivity contribution in [1.29, 1.82) is 0 Å². The first kappa shape index (κ1) is 16.1. The number of Topliss-reactive ketones (excluding diaryl/α,β-unsaturated/α-hetero) is 1. The standard InChI is InChI=1S/C13H18NO2.NO3/c1-11(15)12-3-5-13(6-4-12)14(2)7-9-16-10-8-14;2-1(3)4/h3-6H,7-10H2,1-2H3;/q+1;-1. The van der Waals surface area contributed by atoms with Crippen LogP contribution in [0.1, 0.15) is 17.3 Å². The van der Waals surface area contributed by atoms with E-state index in [1.165, 1.54) is 5.69 Å². The first-order chi connectivity index (χ1) is 9.35. The molecule has 0 radical (unpaired) electrons. The molecule has 0 unspecified atom stereocenters. The number of rotatable bonds is 2. The maximum Gasteiger partial charge on any atom is 0.159 e. The highest BCUT2D eigenvalue weighted by Crippen LogP contribution is 2.23. The van der Waals surface area contributed by atoms with E-state index in [1.807, 2.05) is 12.1 Å². The van der Waals surface area contributed by atoms with Gasteiger partial charge in [-0.25, -0.2) is 0 Å². The summed E-state index contributed by atoms with van der Waals surface area (Å²) in [6, 6.07) is 7.94. The molecule has 1 heterocycles. The van der Waals surface area contributed by atoms with Crippen molar-refractivity contribution in [3.63, 3.8) is 0 Å². The van der Waals surface area contributed by atoms with Crippen LogP contribution in [-0.2, 0) is 4.74 Å². The minimum Gasteiger partial charge on any atom is -0.370 e. The number of quaternary nitrogens is 1. The Bertz CT molecular complexity index is 462. The van der Waals surface area contributed by atoms with Crippen LogP contribution in [0.25, 0.3) is 0 Å². The van der Waals surface area contributed by atoms with E-state index in [9.17, 15) is 4.79 Å². The summed E-state index contributed by atoms with van der Waals surface area (Å²) < 4.78 is 6.28. The van der Waals surface area contributed by atoms with Crippen LogP contribution in [0.4, 0.5) is 5.69 Å². The SMILES string of the molecule is CC(=O)c1ccc([N+]2(C)CCOCC2)cc1.O=[N+]([O-])[O-]. The fourth-order valence-corrected chi connectivity index (χ4v) is 2.06. The largest absolute Gasteiger partial charge is 0.370 e. The van der Waals surface area contributed by atoms with Crippen LogP contribution in [0, 0.1) is 15.3 Å². The number of carbonyl (C=O) groups excluding carboxylic acids is 1. The van der Waals surface area contributed by atoms with E-state index >= 15 is 0 Å². The predicted octanol–water partition coefficient (Wildman–Crippen LogP) is 1.62. The van der Waals surface area contributed by atoms with Gasteiger partial charge >= 0.3 is 0 Å². The third kappa shape index (κ3) is 4.60. The number of ketones is 1. The molecule has 2 rings (SSSR count). The Balaban J connectivity index is 0.000000444. The van der Waals surface area contributed by atoms with Gasteiger partial charge in [0.25, 0.3) is 0 Å². The molecule has 1 aromatic rings. The predicted molar refractivity (Wildman–Crippen MR) is 75.1 cm³/mol. The fourth-order valence-electron chi connectivity index (χ4n) is 2.06. The molecule has 7 nitrogen and oxygen atoms in total. The number of benzene rings is 1. The molecular formula is C13H18N2O5. The molecule has 0 bridgehead atoms. The van der Waals surface area contributed by atoms with E-state index in [-0.39, 0.29) is 5.78 Å². The molecule has 0 aliphatic carbocycles. The van der Waals surface area contributed by atoms with Gasteiger partial charge in [-0.1, -0.05) is 0 Å². The van der Waals surface area contributed by atoms with E-state index in [0.717, 1.165) is 36.3 Å². The number of likely N-dealkylation sites (N-methyl/N-ethyl adjacent to an activating group) is 1. The number of carbonyl (C=O) groups is 1. The smallest absolute Gasteiger partial charge is 0.159 e. The minimum atomic E-state index is -1.75. The zero-order chi connectivity index (χ0) is 15.2. The van der Waals surface area contributed by atoms with Gasteiger partial charge < -0.3 is 20.1 Å². The summed E-state index contributed by atoms with van der Waals surface area (Å²) in [5.74, 6) is 0.121. The molecule has 1 fully saturated rings. The second kappa shape index (κ2) is 6.97. The van der Waals surface area contributed by atoms with Crippen LogP contribution in [-0.4, -0.2) is 44.2 Å². The van der Waals surface area contributed by atoms with Crippen molar-refractivity contribution in [2.45, 2.75) is 6.92 Å². The summed E-state index contributed by atoms with van der Waals surface area (Å²) >= 11 is 0. The van der Waals surface area contributed by atoms with E-state index in [1.54, 1.807) is 6.92 Å². The van der Waals surface area contributed by atoms with Gasteiger partial charge in [-0.05, 0) is 31.2 Å². The molecule has 1 saturated heterocycles. The Morgan fingerprint density at radius 2 is 1.65 bits per heavy atom. The average molecular weight is 282 g/mol. The van der Waals surface area contributed by atoms with Gasteiger partial charge in [0.15, 0.2) is 5.78 Å². The van der Waals surface area contributed by atoms with Crippen LogP contribution in [0.5, 0.6) is 0 Å². The monoisotopic (exact) mass is 282 g/mol. The van der Waals surface area contributed by atoms with Gasteiger partial charge in [-0.3, -0.25) is 9.28 Å². The van der Waals surface area contributed by atoms with Crippen molar-refractivity contribution in [2.75, 3.05) is 33.4 Å². The van der Waals surface area contributed by atoms with Crippen LogP contribution < -0.4 is 4.48 Å². The molecule has 1 aromatic carbocycles. The molecule has 1 aliphatic heterocycles. The molecule has 110 valence electrons. The molecule has 0 aromatic heterocycles. The quantitative estimate of drug-likeness (QED) is 0.355. The van der Waals surface area contributed by atoms with Crippen molar-refractivity contribution in [3.05, 3.63) is 45.2 Å². The maximum absolute atomic E-state index is 11.2. The molecule has 0 saturated carbocycles. The Hall–Kier alpha value is -1.99. The first-order valence-electron chi connectivity index (χ1n) is 6.20. The molecule has 0 amide bonds. The number of morpholine rings is 1. The van der Waals surface area contributed by atoms with Crippen molar-refractivity contribution < 1.29 is 14.6 Å². The molecule has 7 heteroatoms. The maximum atomic E-state index is 11.2. The third-order valence-electron chi connectivity index (χ3n) is 3.36. The molecule has 0 N–H and O–H groups in total. The normalized spacial score (nSPS) is 16.7. The lowest BCUT2D eigenvalue weighted by Crippen LogP contribution is -2.53. The second-order valence-electron chi connectivity index (χ2n) is 4.78. The van der Waals surface area contributed by atoms with Crippen molar-refractivity contribution >= 4 is 11.5 Å². The lowest BCUT2D eigenvalue weighted by Gasteiger charge is -2.37. The van der Waals surface area contributed by atoms with E-state index in [4.69, 9.17) is 20.1 Å². The number of hydrogen-bond donors (Lipinski definition) is 0. The Morgan fingerprint density at radius 1 is 1.20 bits per heavy atom. The second-order valence-corrected chi connectivity index (χ2v) is 4.78. The molecule has 20 heavy (non-hydrogen) atoms. The van der Waals surface area contributed by atoms with Crippen molar-refractivity contribution in [3.8, 4) is 0 Å². The van der Waals surface area contributed by atoms with Gasteiger partial charge in [0.2, 0.25) is 0 Å². The topological polar surface area (TPSA) is 92.5 Å². The summed E-state index contributed by atoms with van der Waals surface area (Å²) in [5.41, 5.74) is 2.04. The van der Waals surface area contributed by atoms with Crippen LogP contribution >= 0.6 is 0 Å². The van der Waals surface area contributed by atoms with E-state index in [0.29, 0.717) is 0 Å². The zero-order valence-electron chi connectivity index (χ0n) is 11.6. The van der Waals surface area contributed by atoms with Gasteiger partial charge in [0.1, 0.15) is 18.8 Å². The number of nitrogens with zero attached hydrogens (tertiary/aromatic N) is 2. The van der Waals surface area contributed by atoms with Crippen LogP contribution in [0.3, 0.4) is 0 Å². The molecule has 0 atom stereocenters. The van der Waals surface area contributed by atoms with E-state index < -0.39 is 5.09 Å². The number of ether oxygens (including phenoxy) is 1. The highest BCUT2D eigenvalue weighted by molar-refractivity contribution is 5.94. The summed E-state index contributed by atoms with van der Waals surface area (Å²) in [6.45, 7) is 5.22. The van der Waals surface area contributed by atoms with Gasteiger partial charge in [-0.15, -0.1) is 0 Å². The Kier molecular flexibility index (Phi) is 5.60. The molecule has 1 aliphatic rings. The van der Waals surface area contributed by atoms with Crippen molar-refractivity contribution in [2.24, 2.45) is 0 Å². The van der Waals surface area contributed by atoms with E-state index in [2.05, 4.69) is 19.2 Å². The van der Waals surface area contributed by atoms with Crippen LogP contribution in [0.2, 0.25) is 0 Å². The van der Waals surface area contributed by atoms with Gasteiger partial charge in [-0.2, -0.15) is 0 Å². The summed E-state index contributed by atoms with van der Waals surface area (Å²) in [4.78, 5) is 19.4. The third-order valence-corrected chi connectivity index (χ3v) is 3.36. The fraction of sp³-hybridized carbons (Fsp3) is 0.462. The molecule has 0 spiro atoms. The highest BCUT2D eigenvalue weighted by Gasteiger charge is 2.27. The summed E-state index contributed by atoms with van der Waals surface area (Å²) in [5, 5.41) is 14.8. The lowest BCUT2D eigenvalue weighted by molar-refractivity contribution is -0.402. The Labute approximate surface area is 117 Å². The zero-order valence-corrected chi connectivity index (χ0v) is 11.6. The average Bonchev–Trinajstić information content (AvgIpc) is 2.39. The highest BCUT2D eigenvalue weighted by atomic mass is 16.9. The van der Waals surface area contributed by atoms with Crippen molar-refractivity contribution in [1.82, 2.24) is 4.48 Å². The summed E-state index contributed by atoms with van der Waals surface area (Å²) in [6.07, 6.45) is 0. The van der Waals surface area contributed by atoms with Gasteiger partial charge in [0, 0.05) is 5.56 Å².